The maximum absolute atomic E-state index is 13.4. The number of carbonyl (C=O) groups is 4. The number of amides is 4. The van der Waals surface area contributed by atoms with Gasteiger partial charge in [0.1, 0.15) is 11.9 Å². The van der Waals surface area contributed by atoms with Gasteiger partial charge in [-0.2, -0.15) is 18.2 Å². The molecule has 0 aliphatic carbocycles. The molecule has 0 spiro atoms. The fraction of sp³-hybridized carbons (Fsp3) is 0.355. The van der Waals surface area contributed by atoms with Gasteiger partial charge < -0.3 is 20.0 Å². The summed E-state index contributed by atoms with van der Waals surface area (Å²) in [5.74, 6) is -1.04. The lowest BCUT2D eigenvalue weighted by molar-refractivity contribution is -0.138. The summed E-state index contributed by atoms with van der Waals surface area (Å²) in [4.78, 5) is 66.6. The van der Waals surface area contributed by atoms with Gasteiger partial charge in [-0.15, -0.1) is 0 Å². The number of aromatic nitrogens is 2. The molecule has 1 aromatic heterocycles. The van der Waals surface area contributed by atoms with Gasteiger partial charge in [0, 0.05) is 57.6 Å². The highest BCUT2D eigenvalue weighted by Gasteiger charge is 2.46. The number of anilines is 4. The first kappa shape index (κ1) is 29.5. The van der Waals surface area contributed by atoms with E-state index in [0.717, 1.165) is 11.0 Å². The summed E-state index contributed by atoms with van der Waals surface area (Å²) < 4.78 is 39.5. The fourth-order valence-corrected chi connectivity index (χ4v) is 6.36. The standard InChI is InChI=1S/C31H29F3N8O4/c32-31(33,34)18-3-1-4-20(15-18)39-11-13-40(14-12-39)30-35-10-9-24(37-30)36-19-16-41(17-19)22-6-2-5-21-26(22)29(46)42(28(21)45)23-7-8-25(43)38-27(23)44/h1-6,9-10,15,19,23H,7-8,11-14,16-17H2,(H,35,36,37)(H,38,43,44). The molecule has 1 atom stereocenters. The molecule has 2 N–H and O–H groups in total. The van der Waals surface area contributed by atoms with E-state index in [0.29, 0.717) is 62.4 Å². The Morgan fingerprint density at radius 2 is 1.61 bits per heavy atom. The molecule has 2 aromatic carbocycles. The van der Waals surface area contributed by atoms with Crippen LogP contribution in [-0.2, 0) is 15.8 Å². The highest BCUT2D eigenvalue weighted by atomic mass is 19.4. The largest absolute Gasteiger partial charge is 0.416 e. The van der Waals surface area contributed by atoms with Crippen LogP contribution in [0.1, 0.15) is 39.1 Å². The van der Waals surface area contributed by atoms with Gasteiger partial charge in [-0.05, 0) is 42.8 Å². The van der Waals surface area contributed by atoms with Crippen molar-refractivity contribution in [3.8, 4) is 0 Å². The van der Waals surface area contributed by atoms with Crippen molar-refractivity contribution in [3.05, 3.63) is 71.4 Å². The van der Waals surface area contributed by atoms with Crippen LogP contribution in [0.5, 0.6) is 0 Å². The molecule has 5 heterocycles. The topological polar surface area (TPSA) is 131 Å². The molecule has 0 saturated carbocycles. The van der Waals surface area contributed by atoms with Crippen LogP contribution < -0.4 is 25.3 Å². The Bertz CT molecular complexity index is 1740. The van der Waals surface area contributed by atoms with Crippen LogP contribution in [0, 0.1) is 0 Å². The Kier molecular flexibility index (Phi) is 7.25. The number of fused-ring (bicyclic) bond motifs is 1. The van der Waals surface area contributed by atoms with Crippen molar-refractivity contribution in [2.75, 3.05) is 59.3 Å². The Hall–Kier alpha value is -5.21. The van der Waals surface area contributed by atoms with Gasteiger partial charge in [0.25, 0.3) is 11.8 Å². The van der Waals surface area contributed by atoms with E-state index in [4.69, 9.17) is 0 Å². The molecule has 3 saturated heterocycles. The van der Waals surface area contributed by atoms with Gasteiger partial charge in [-0.25, -0.2) is 4.98 Å². The van der Waals surface area contributed by atoms with E-state index >= 15 is 0 Å². The first-order valence-corrected chi connectivity index (χ1v) is 14.9. The smallest absolute Gasteiger partial charge is 0.368 e. The molecule has 46 heavy (non-hydrogen) atoms. The van der Waals surface area contributed by atoms with E-state index in [9.17, 15) is 32.3 Å². The van der Waals surface area contributed by atoms with Gasteiger partial charge in [0.05, 0.1) is 28.4 Å². The van der Waals surface area contributed by atoms with E-state index in [2.05, 4.69) is 20.6 Å². The number of rotatable bonds is 6. The van der Waals surface area contributed by atoms with E-state index in [1.807, 2.05) is 14.7 Å². The lowest BCUT2D eigenvalue weighted by Gasteiger charge is -2.42. The summed E-state index contributed by atoms with van der Waals surface area (Å²) >= 11 is 0. The maximum atomic E-state index is 13.4. The lowest BCUT2D eigenvalue weighted by Crippen LogP contribution is -2.56. The predicted octanol–water partition coefficient (Wildman–Crippen LogP) is 2.52. The molecule has 1 unspecified atom stereocenters. The number of piperazine rings is 1. The summed E-state index contributed by atoms with van der Waals surface area (Å²) in [7, 11) is 0. The van der Waals surface area contributed by atoms with Gasteiger partial charge >= 0.3 is 6.18 Å². The van der Waals surface area contributed by atoms with Crippen LogP contribution >= 0.6 is 0 Å². The molecule has 3 fully saturated rings. The first-order valence-electron chi connectivity index (χ1n) is 14.9. The lowest BCUT2D eigenvalue weighted by atomic mass is 10.0. The zero-order chi connectivity index (χ0) is 32.2. The van der Waals surface area contributed by atoms with Gasteiger partial charge in [-0.3, -0.25) is 29.4 Å². The highest BCUT2D eigenvalue weighted by molar-refractivity contribution is 6.25. The number of nitrogens with one attached hydrogen (secondary N) is 2. The normalized spacial score (nSPS) is 20.5. The quantitative estimate of drug-likeness (QED) is 0.390. The average Bonchev–Trinajstić information content (AvgIpc) is 3.28. The van der Waals surface area contributed by atoms with E-state index < -0.39 is 41.4 Å². The van der Waals surface area contributed by atoms with Crippen molar-refractivity contribution in [3.63, 3.8) is 0 Å². The number of piperidine rings is 1. The Labute approximate surface area is 261 Å². The molecular formula is C31H29F3N8O4. The molecule has 0 bridgehead atoms. The van der Waals surface area contributed by atoms with E-state index in [-0.39, 0.29) is 30.0 Å². The van der Waals surface area contributed by atoms with Crippen molar-refractivity contribution in [2.24, 2.45) is 0 Å². The molecule has 15 heteroatoms. The summed E-state index contributed by atoms with van der Waals surface area (Å²) in [6.07, 6.45) is -2.60. The van der Waals surface area contributed by atoms with Crippen LogP contribution in [0.4, 0.5) is 36.3 Å². The molecule has 238 valence electrons. The number of carbonyl (C=O) groups excluding carboxylic acids is 4. The van der Waals surface area contributed by atoms with E-state index in [1.54, 1.807) is 36.5 Å². The molecule has 12 nitrogen and oxygen atoms in total. The molecule has 4 aliphatic heterocycles. The van der Waals surface area contributed by atoms with Crippen molar-refractivity contribution >= 4 is 46.8 Å². The number of imide groups is 2. The second kappa shape index (κ2) is 11.3. The molecule has 0 radical (unpaired) electrons. The molecule has 3 aromatic rings. The summed E-state index contributed by atoms with van der Waals surface area (Å²) in [5, 5.41) is 5.60. The molecule has 4 aliphatic rings. The van der Waals surface area contributed by atoms with Crippen molar-refractivity contribution < 1.29 is 32.3 Å². The molecule has 4 amide bonds. The van der Waals surface area contributed by atoms with Gasteiger partial charge in [-0.1, -0.05) is 12.1 Å². The summed E-state index contributed by atoms with van der Waals surface area (Å²) in [6, 6.07) is 11.1. The zero-order valence-corrected chi connectivity index (χ0v) is 24.5. The van der Waals surface area contributed by atoms with Gasteiger partial charge in [0.2, 0.25) is 17.8 Å². The number of hydrogen-bond acceptors (Lipinski definition) is 10. The second-order valence-corrected chi connectivity index (χ2v) is 11.7. The van der Waals surface area contributed by atoms with Crippen molar-refractivity contribution in [2.45, 2.75) is 31.1 Å². The first-order chi connectivity index (χ1) is 22.1. The Morgan fingerprint density at radius 1 is 0.870 bits per heavy atom. The molecular weight excluding hydrogens is 605 g/mol. The highest BCUT2D eigenvalue weighted by Crippen LogP contribution is 2.36. The zero-order valence-electron chi connectivity index (χ0n) is 24.5. The SMILES string of the molecule is O=C1CCC(N2C(=O)c3cccc(N4CC(Nc5ccnc(N6CCN(c7cccc(C(F)(F)F)c7)CC6)n5)C4)c3C2=O)C(=O)N1. The Morgan fingerprint density at radius 3 is 2.35 bits per heavy atom. The third-order valence-electron chi connectivity index (χ3n) is 8.76. The Balaban J connectivity index is 0.969. The van der Waals surface area contributed by atoms with Gasteiger partial charge in [0.15, 0.2) is 0 Å². The van der Waals surface area contributed by atoms with Crippen LogP contribution in [0.2, 0.25) is 0 Å². The minimum atomic E-state index is -4.40. The second-order valence-electron chi connectivity index (χ2n) is 11.7. The number of hydrogen-bond donors (Lipinski definition) is 2. The fourth-order valence-electron chi connectivity index (χ4n) is 6.36. The third-order valence-corrected chi connectivity index (χ3v) is 8.76. The average molecular weight is 635 g/mol. The third kappa shape index (κ3) is 5.35. The summed E-state index contributed by atoms with van der Waals surface area (Å²) in [5.41, 5.74) is 0.946. The van der Waals surface area contributed by atoms with Crippen LogP contribution in [0.15, 0.2) is 54.7 Å². The minimum Gasteiger partial charge on any atom is -0.368 e. The van der Waals surface area contributed by atoms with Crippen LogP contribution in [0.3, 0.4) is 0 Å². The van der Waals surface area contributed by atoms with Crippen molar-refractivity contribution in [1.82, 2.24) is 20.2 Å². The van der Waals surface area contributed by atoms with E-state index in [1.165, 1.54) is 12.1 Å². The number of halogens is 3. The van der Waals surface area contributed by atoms with Crippen LogP contribution in [-0.4, -0.2) is 89.8 Å². The monoisotopic (exact) mass is 634 g/mol. The maximum Gasteiger partial charge on any atom is 0.416 e. The van der Waals surface area contributed by atoms with Crippen LogP contribution in [0.25, 0.3) is 0 Å². The number of nitrogens with zero attached hydrogens (tertiary/aromatic N) is 6. The van der Waals surface area contributed by atoms with Crippen molar-refractivity contribution in [1.29, 1.82) is 0 Å². The molecule has 7 rings (SSSR count). The summed E-state index contributed by atoms with van der Waals surface area (Å²) in [6.45, 7) is 3.18. The predicted molar refractivity (Wildman–Crippen MR) is 161 cm³/mol. The number of alkyl halides is 3. The minimum absolute atomic E-state index is 0.00481. The number of benzene rings is 2.